The van der Waals surface area contributed by atoms with Gasteiger partial charge in [-0.05, 0) is 71.6 Å². The zero-order chi connectivity index (χ0) is 15.7. The molecule has 1 fully saturated rings. The average Bonchev–Trinajstić information content (AvgIpc) is 2.76. The molecule has 1 aliphatic rings. The number of carbonyl (C=O) groups excluding carboxylic acids is 1. The minimum Gasteiger partial charge on any atom is -0.327 e. The number of carbonyl (C=O) groups is 1. The van der Waals surface area contributed by atoms with E-state index in [-0.39, 0.29) is 5.91 Å². The van der Waals surface area contributed by atoms with Crippen LogP contribution in [0.1, 0.15) is 11.1 Å². The van der Waals surface area contributed by atoms with E-state index in [2.05, 4.69) is 27.9 Å². The third-order valence-electron chi connectivity index (χ3n) is 3.33. The second-order valence-corrected chi connectivity index (χ2v) is 6.65. The molecule has 1 saturated heterocycles. The number of benzene rings is 2. The van der Waals surface area contributed by atoms with Gasteiger partial charge in [-0.25, -0.2) is 0 Å². The average molecular weight is 420 g/mol. The molecule has 110 valence electrons. The summed E-state index contributed by atoms with van der Waals surface area (Å²) in [5.74, 6) is -0.132. The van der Waals surface area contributed by atoms with E-state index in [1.54, 1.807) is 0 Å². The third kappa shape index (κ3) is 3.05. The number of halogens is 1. The van der Waals surface area contributed by atoms with Gasteiger partial charge in [0.1, 0.15) is 5.70 Å². The first-order valence-electron chi connectivity index (χ1n) is 6.74. The summed E-state index contributed by atoms with van der Waals surface area (Å²) < 4.78 is 1.06. The maximum Gasteiger partial charge on any atom is 0.281 e. The summed E-state index contributed by atoms with van der Waals surface area (Å²) in [6, 6.07) is 15.7. The lowest BCUT2D eigenvalue weighted by molar-refractivity contribution is -0.113. The van der Waals surface area contributed by atoms with E-state index >= 15 is 0 Å². The molecule has 1 heterocycles. The molecule has 3 nitrogen and oxygen atoms in total. The van der Waals surface area contributed by atoms with Crippen LogP contribution in [0.25, 0.3) is 6.08 Å². The lowest BCUT2D eigenvalue weighted by Gasteiger charge is -2.14. The van der Waals surface area contributed by atoms with E-state index in [0.717, 1.165) is 14.8 Å². The van der Waals surface area contributed by atoms with Gasteiger partial charge in [0.05, 0.1) is 5.69 Å². The van der Waals surface area contributed by atoms with Crippen LogP contribution in [0.3, 0.4) is 0 Å². The van der Waals surface area contributed by atoms with Crippen LogP contribution in [0.15, 0.2) is 54.2 Å². The molecule has 2 aromatic rings. The highest BCUT2D eigenvalue weighted by Crippen LogP contribution is 2.24. The van der Waals surface area contributed by atoms with E-state index < -0.39 is 0 Å². The molecule has 0 bridgehead atoms. The zero-order valence-electron chi connectivity index (χ0n) is 11.8. The molecule has 3 rings (SSSR count). The number of nitrogens with one attached hydrogen (secondary N) is 1. The molecule has 0 unspecified atom stereocenters. The van der Waals surface area contributed by atoms with Crippen LogP contribution in [0.2, 0.25) is 0 Å². The maximum absolute atomic E-state index is 12.6. The largest absolute Gasteiger partial charge is 0.327 e. The molecule has 1 aliphatic heterocycles. The van der Waals surface area contributed by atoms with Crippen molar-refractivity contribution in [2.24, 2.45) is 0 Å². The van der Waals surface area contributed by atoms with Gasteiger partial charge < -0.3 is 5.32 Å². The Hall–Kier alpha value is -1.73. The van der Waals surface area contributed by atoms with Crippen molar-refractivity contribution in [1.29, 1.82) is 0 Å². The normalized spacial score (nSPS) is 16.3. The van der Waals surface area contributed by atoms with Crippen molar-refractivity contribution in [3.05, 3.63) is 68.9 Å². The van der Waals surface area contributed by atoms with Gasteiger partial charge in [-0.3, -0.25) is 9.69 Å². The summed E-state index contributed by atoms with van der Waals surface area (Å²) >= 11 is 7.52. The Balaban J connectivity index is 1.93. The van der Waals surface area contributed by atoms with Crippen molar-refractivity contribution < 1.29 is 4.79 Å². The first-order valence-corrected chi connectivity index (χ1v) is 8.23. The summed E-state index contributed by atoms with van der Waals surface area (Å²) in [7, 11) is 0. The molecule has 0 spiro atoms. The fourth-order valence-electron chi connectivity index (χ4n) is 2.21. The van der Waals surface area contributed by atoms with Crippen molar-refractivity contribution in [3.63, 3.8) is 0 Å². The second kappa shape index (κ2) is 6.18. The predicted molar refractivity (Wildman–Crippen MR) is 102 cm³/mol. The summed E-state index contributed by atoms with van der Waals surface area (Å²) in [5, 5.41) is 3.41. The molecule has 2 aromatic carbocycles. The number of hydrogen-bond donors (Lipinski definition) is 1. The van der Waals surface area contributed by atoms with E-state index in [1.807, 2.05) is 61.5 Å². The summed E-state index contributed by atoms with van der Waals surface area (Å²) in [4.78, 5) is 14.1. The van der Waals surface area contributed by atoms with E-state index in [4.69, 9.17) is 12.2 Å². The van der Waals surface area contributed by atoms with Crippen molar-refractivity contribution in [1.82, 2.24) is 5.32 Å². The standard InChI is InChI=1S/C17H13IN2OS/c1-11-5-7-12(8-6-11)9-15-16(21)20(17(22)19-15)14-4-2-3-13(18)10-14/h2-10H,1H3,(H,19,22)/b15-9-. The van der Waals surface area contributed by atoms with Gasteiger partial charge in [0.2, 0.25) is 0 Å². The molecule has 5 heteroatoms. The number of rotatable bonds is 2. The number of aryl methyl sites for hydroxylation is 1. The number of anilines is 1. The minimum atomic E-state index is -0.132. The fourth-order valence-corrected chi connectivity index (χ4v) is 3.04. The smallest absolute Gasteiger partial charge is 0.281 e. The van der Waals surface area contributed by atoms with Crippen LogP contribution in [0, 0.1) is 10.5 Å². The Kier molecular flexibility index (Phi) is 4.26. The number of nitrogens with zero attached hydrogens (tertiary/aromatic N) is 1. The van der Waals surface area contributed by atoms with Gasteiger partial charge in [-0.15, -0.1) is 0 Å². The first kappa shape index (κ1) is 15.2. The van der Waals surface area contributed by atoms with Crippen LogP contribution < -0.4 is 10.2 Å². The van der Waals surface area contributed by atoms with Crippen LogP contribution >= 0.6 is 34.8 Å². The van der Waals surface area contributed by atoms with Crippen molar-refractivity contribution in [3.8, 4) is 0 Å². The van der Waals surface area contributed by atoms with Gasteiger partial charge in [-0.2, -0.15) is 0 Å². The van der Waals surface area contributed by atoms with Gasteiger partial charge in [0.15, 0.2) is 5.11 Å². The highest BCUT2D eigenvalue weighted by Gasteiger charge is 2.31. The summed E-state index contributed by atoms with van der Waals surface area (Å²) in [6.07, 6.45) is 1.82. The molecule has 1 amide bonds. The molecule has 0 aliphatic carbocycles. The molecule has 0 aromatic heterocycles. The first-order chi connectivity index (χ1) is 10.5. The molecule has 0 radical (unpaired) electrons. The van der Waals surface area contributed by atoms with Gasteiger partial charge >= 0.3 is 0 Å². The van der Waals surface area contributed by atoms with Crippen molar-refractivity contribution >= 4 is 57.6 Å². The SMILES string of the molecule is Cc1ccc(/C=C2\NC(=S)N(c3cccc(I)c3)C2=O)cc1. The number of amides is 1. The fraction of sp³-hybridized carbons (Fsp3) is 0.0588. The lowest BCUT2D eigenvalue weighted by atomic mass is 10.1. The highest BCUT2D eigenvalue weighted by atomic mass is 127. The Bertz CT molecular complexity index is 784. The monoisotopic (exact) mass is 420 g/mol. The number of hydrogen-bond acceptors (Lipinski definition) is 2. The summed E-state index contributed by atoms with van der Waals surface area (Å²) in [5.41, 5.74) is 3.42. The van der Waals surface area contributed by atoms with Gasteiger partial charge in [-0.1, -0.05) is 35.9 Å². The van der Waals surface area contributed by atoms with E-state index in [0.29, 0.717) is 10.8 Å². The molecular formula is C17H13IN2OS. The molecule has 0 atom stereocenters. The van der Waals surface area contributed by atoms with E-state index in [1.165, 1.54) is 10.5 Å². The Morgan fingerprint density at radius 3 is 2.59 bits per heavy atom. The lowest BCUT2D eigenvalue weighted by Crippen LogP contribution is -2.30. The quantitative estimate of drug-likeness (QED) is 0.455. The zero-order valence-corrected chi connectivity index (χ0v) is 14.8. The Labute approximate surface area is 148 Å². The van der Waals surface area contributed by atoms with Gasteiger partial charge in [0.25, 0.3) is 5.91 Å². The molecule has 0 saturated carbocycles. The van der Waals surface area contributed by atoms with Crippen molar-refractivity contribution in [2.45, 2.75) is 6.92 Å². The second-order valence-electron chi connectivity index (χ2n) is 5.02. The van der Waals surface area contributed by atoms with Crippen LogP contribution in [-0.4, -0.2) is 11.0 Å². The Morgan fingerprint density at radius 2 is 1.91 bits per heavy atom. The highest BCUT2D eigenvalue weighted by molar-refractivity contribution is 14.1. The van der Waals surface area contributed by atoms with Crippen LogP contribution in [0.5, 0.6) is 0 Å². The maximum atomic E-state index is 12.6. The van der Waals surface area contributed by atoms with E-state index in [9.17, 15) is 4.79 Å². The predicted octanol–water partition coefficient (Wildman–Crippen LogP) is 3.86. The van der Waals surface area contributed by atoms with Crippen molar-refractivity contribution in [2.75, 3.05) is 4.90 Å². The third-order valence-corrected chi connectivity index (χ3v) is 4.29. The van der Waals surface area contributed by atoms with Crippen LogP contribution in [-0.2, 0) is 4.79 Å². The molecule has 22 heavy (non-hydrogen) atoms. The summed E-state index contributed by atoms with van der Waals surface area (Å²) in [6.45, 7) is 2.03. The topological polar surface area (TPSA) is 32.3 Å². The number of thiocarbonyl (C=S) groups is 1. The van der Waals surface area contributed by atoms with Crippen LogP contribution in [0.4, 0.5) is 5.69 Å². The minimum absolute atomic E-state index is 0.132. The molecular weight excluding hydrogens is 407 g/mol. The van der Waals surface area contributed by atoms with Gasteiger partial charge in [0, 0.05) is 3.57 Å². The Morgan fingerprint density at radius 1 is 1.18 bits per heavy atom. The molecule has 1 N–H and O–H groups in total.